The zero-order valence-electron chi connectivity index (χ0n) is 9.08. The normalized spacial score (nSPS) is 54.9. The van der Waals surface area contributed by atoms with E-state index in [-0.39, 0.29) is 0 Å². The average Bonchev–Trinajstić information content (AvgIpc) is 2.81. The predicted molar refractivity (Wildman–Crippen MR) is 49.2 cm³/mol. The molecule has 3 aliphatic heterocycles. The van der Waals surface area contributed by atoms with E-state index in [4.69, 9.17) is 18.9 Å². The molecule has 6 unspecified atom stereocenters. The number of rotatable bonds is 1. The fourth-order valence-corrected chi connectivity index (χ4v) is 2.32. The molecule has 0 aliphatic carbocycles. The summed E-state index contributed by atoms with van der Waals surface area (Å²) < 4.78 is 21.8. The van der Waals surface area contributed by atoms with Crippen molar-refractivity contribution in [2.45, 2.75) is 56.8 Å². The molecule has 6 nitrogen and oxygen atoms in total. The van der Waals surface area contributed by atoms with Crippen molar-refractivity contribution in [3.63, 3.8) is 0 Å². The van der Waals surface area contributed by atoms with Gasteiger partial charge >= 0.3 is 5.97 Å². The van der Waals surface area contributed by atoms with Gasteiger partial charge in [0.1, 0.15) is 6.10 Å². The highest BCUT2D eigenvalue weighted by Crippen LogP contribution is 2.43. The Hall–Kier alpha value is -0.690. The maximum absolute atomic E-state index is 11.2. The van der Waals surface area contributed by atoms with Crippen molar-refractivity contribution in [3.8, 4) is 0 Å². The third-order valence-electron chi connectivity index (χ3n) is 3.41. The van der Waals surface area contributed by atoms with Gasteiger partial charge in [-0.1, -0.05) is 6.92 Å². The van der Waals surface area contributed by atoms with E-state index in [9.17, 15) is 9.90 Å². The topological polar surface area (TPSA) is 74.2 Å². The van der Waals surface area contributed by atoms with Gasteiger partial charge in [0.2, 0.25) is 0 Å². The highest BCUT2D eigenvalue weighted by molar-refractivity contribution is 5.78. The van der Waals surface area contributed by atoms with Crippen molar-refractivity contribution in [3.05, 3.63) is 0 Å². The third kappa shape index (κ3) is 1.24. The van der Waals surface area contributed by atoms with Crippen LogP contribution in [0, 0.1) is 0 Å². The molecule has 0 aromatic carbocycles. The molecule has 3 aliphatic rings. The summed E-state index contributed by atoms with van der Waals surface area (Å²) in [5, 5.41) is 9.50. The molecule has 3 fully saturated rings. The van der Waals surface area contributed by atoms with E-state index in [1.807, 2.05) is 13.8 Å². The summed E-state index contributed by atoms with van der Waals surface area (Å²) in [6, 6.07) is 0. The van der Waals surface area contributed by atoms with Crippen molar-refractivity contribution in [2.24, 2.45) is 0 Å². The number of aliphatic hydroxyl groups excluding tert-OH is 1. The molecular formula is C10H14O6. The van der Waals surface area contributed by atoms with Gasteiger partial charge in [0.05, 0.1) is 0 Å². The number of ether oxygens (including phenoxy) is 4. The second-order valence-corrected chi connectivity index (χ2v) is 4.50. The monoisotopic (exact) mass is 230 g/mol. The van der Waals surface area contributed by atoms with E-state index in [0.29, 0.717) is 6.42 Å². The van der Waals surface area contributed by atoms with E-state index < -0.39 is 42.5 Å². The summed E-state index contributed by atoms with van der Waals surface area (Å²) in [5.74, 6) is -1.34. The minimum atomic E-state index is -1.23. The Labute approximate surface area is 92.4 Å². The number of aliphatic hydroxyl groups is 1. The number of carbonyl (C=O) groups excluding carboxylic acids is 1. The number of carbonyl (C=O) groups is 1. The van der Waals surface area contributed by atoms with Crippen LogP contribution in [0.3, 0.4) is 0 Å². The third-order valence-corrected chi connectivity index (χ3v) is 3.41. The maximum Gasteiger partial charge on any atom is 0.338 e. The largest absolute Gasteiger partial charge is 0.454 e. The van der Waals surface area contributed by atoms with Gasteiger partial charge in [-0.25, -0.2) is 4.79 Å². The van der Waals surface area contributed by atoms with Gasteiger partial charge in [0, 0.05) is 0 Å². The van der Waals surface area contributed by atoms with Crippen LogP contribution in [-0.2, 0) is 23.7 Å². The first-order chi connectivity index (χ1) is 7.54. The van der Waals surface area contributed by atoms with E-state index in [0.717, 1.165) is 0 Å². The highest BCUT2D eigenvalue weighted by atomic mass is 16.8. The first-order valence-corrected chi connectivity index (χ1v) is 5.44. The van der Waals surface area contributed by atoms with Crippen molar-refractivity contribution < 1.29 is 28.8 Å². The molecule has 3 heterocycles. The molecule has 6 heteroatoms. The summed E-state index contributed by atoms with van der Waals surface area (Å²) >= 11 is 0. The first-order valence-electron chi connectivity index (χ1n) is 5.44. The molecule has 0 spiro atoms. The van der Waals surface area contributed by atoms with Crippen LogP contribution in [0.25, 0.3) is 0 Å². The molecule has 3 rings (SSSR count). The van der Waals surface area contributed by atoms with E-state index in [1.54, 1.807) is 0 Å². The summed E-state index contributed by atoms with van der Waals surface area (Å²) in [7, 11) is 0. The van der Waals surface area contributed by atoms with Crippen molar-refractivity contribution in [2.75, 3.05) is 0 Å². The number of hydrogen-bond acceptors (Lipinski definition) is 6. The lowest BCUT2D eigenvalue weighted by Crippen LogP contribution is -2.36. The lowest BCUT2D eigenvalue weighted by Gasteiger charge is -2.23. The minimum Gasteiger partial charge on any atom is -0.454 e. The van der Waals surface area contributed by atoms with Gasteiger partial charge < -0.3 is 24.1 Å². The standard InChI is InChI=1S/C10H14O6/c1-3-10(2)15-7-6-5(14-9(7)16-10)4(11)8(12)13-6/h4-7,9,11H,3H2,1-2H3. The van der Waals surface area contributed by atoms with Crippen molar-refractivity contribution in [1.82, 2.24) is 0 Å². The molecular weight excluding hydrogens is 216 g/mol. The van der Waals surface area contributed by atoms with Crippen LogP contribution < -0.4 is 0 Å². The predicted octanol–water partition coefficient (Wildman–Crippen LogP) is -0.461. The molecule has 0 saturated carbocycles. The van der Waals surface area contributed by atoms with Crippen LogP contribution in [0.1, 0.15) is 20.3 Å². The fraction of sp³-hybridized carbons (Fsp3) is 0.900. The minimum absolute atomic E-state index is 0.434. The molecule has 90 valence electrons. The van der Waals surface area contributed by atoms with Crippen LogP contribution in [0.4, 0.5) is 0 Å². The van der Waals surface area contributed by atoms with Gasteiger partial charge in [-0.05, 0) is 13.3 Å². The Bertz CT molecular complexity index is 331. The molecule has 0 radical (unpaired) electrons. The second kappa shape index (κ2) is 3.16. The van der Waals surface area contributed by atoms with Gasteiger partial charge in [-0.15, -0.1) is 0 Å². The van der Waals surface area contributed by atoms with Crippen LogP contribution >= 0.6 is 0 Å². The number of fused-ring (bicyclic) bond motifs is 3. The van der Waals surface area contributed by atoms with Crippen LogP contribution in [-0.4, -0.2) is 47.6 Å². The summed E-state index contributed by atoms with van der Waals surface area (Å²) in [6.45, 7) is 3.75. The van der Waals surface area contributed by atoms with Gasteiger partial charge in [0.15, 0.2) is 30.4 Å². The molecule has 0 aromatic rings. The van der Waals surface area contributed by atoms with Gasteiger partial charge in [-0.3, -0.25) is 0 Å². The molecule has 16 heavy (non-hydrogen) atoms. The molecule has 0 aromatic heterocycles. The van der Waals surface area contributed by atoms with E-state index in [1.165, 1.54) is 0 Å². The molecule has 0 bridgehead atoms. The van der Waals surface area contributed by atoms with Gasteiger partial charge in [-0.2, -0.15) is 0 Å². The SMILES string of the molecule is CCC1(C)OC2OC3C(O)C(=O)OC3C2O1. The fourth-order valence-electron chi connectivity index (χ4n) is 2.32. The highest BCUT2D eigenvalue weighted by Gasteiger charge is 2.63. The Balaban J connectivity index is 1.80. The maximum atomic E-state index is 11.2. The van der Waals surface area contributed by atoms with Crippen molar-refractivity contribution in [1.29, 1.82) is 0 Å². The number of hydrogen-bond donors (Lipinski definition) is 1. The first kappa shape index (κ1) is 10.5. The Morgan fingerprint density at radius 1 is 1.31 bits per heavy atom. The lowest BCUT2D eigenvalue weighted by atomic mass is 10.1. The second-order valence-electron chi connectivity index (χ2n) is 4.50. The summed E-state index contributed by atoms with van der Waals surface area (Å²) in [4.78, 5) is 11.2. The zero-order chi connectivity index (χ0) is 11.5. The molecule has 3 saturated heterocycles. The Morgan fingerprint density at radius 3 is 2.75 bits per heavy atom. The lowest BCUT2D eigenvalue weighted by molar-refractivity contribution is -0.224. The smallest absolute Gasteiger partial charge is 0.338 e. The van der Waals surface area contributed by atoms with Crippen LogP contribution in [0.5, 0.6) is 0 Å². The Kier molecular flexibility index (Phi) is 2.07. The number of esters is 1. The van der Waals surface area contributed by atoms with E-state index in [2.05, 4.69) is 0 Å². The van der Waals surface area contributed by atoms with Crippen molar-refractivity contribution >= 4 is 5.97 Å². The molecule has 1 N–H and O–H groups in total. The quantitative estimate of drug-likeness (QED) is 0.614. The molecule has 0 amide bonds. The van der Waals surface area contributed by atoms with Crippen LogP contribution in [0.2, 0.25) is 0 Å². The summed E-state index contributed by atoms with van der Waals surface area (Å²) in [5.41, 5.74) is 0. The molecule has 6 atom stereocenters. The van der Waals surface area contributed by atoms with Gasteiger partial charge in [0.25, 0.3) is 0 Å². The average molecular weight is 230 g/mol. The van der Waals surface area contributed by atoms with E-state index >= 15 is 0 Å². The zero-order valence-corrected chi connectivity index (χ0v) is 9.08. The van der Waals surface area contributed by atoms with Crippen LogP contribution in [0.15, 0.2) is 0 Å². The Morgan fingerprint density at radius 2 is 2.06 bits per heavy atom. The summed E-state index contributed by atoms with van der Waals surface area (Å²) in [6.07, 6.45) is -2.75.